The molecule has 1 aliphatic rings. The van der Waals surface area contributed by atoms with Crippen LogP contribution < -0.4 is 14.5 Å². The van der Waals surface area contributed by atoms with Gasteiger partial charge < -0.3 is 9.64 Å². The van der Waals surface area contributed by atoms with Crippen LogP contribution in [0.5, 0.6) is 11.5 Å². The van der Waals surface area contributed by atoms with Crippen LogP contribution in [0.1, 0.15) is 58.2 Å². The molecule has 0 N–H and O–H groups in total. The molecule has 1 aliphatic heterocycles. The van der Waals surface area contributed by atoms with E-state index in [9.17, 15) is 0 Å². The maximum absolute atomic E-state index is 6.63. The highest BCUT2D eigenvalue weighted by Crippen LogP contribution is 2.45. The largest absolute Gasteiger partial charge is 0.457 e. The van der Waals surface area contributed by atoms with Crippen molar-refractivity contribution in [3.63, 3.8) is 0 Å². The van der Waals surface area contributed by atoms with E-state index in [0.29, 0.717) is 6.67 Å². The zero-order valence-electron chi connectivity index (χ0n) is 29.8. The van der Waals surface area contributed by atoms with Crippen LogP contribution in [0.4, 0.5) is 23.0 Å². The van der Waals surface area contributed by atoms with Gasteiger partial charge in [0.1, 0.15) is 29.8 Å². The van der Waals surface area contributed by atoms with Crippen LogP contribution in [0.3, 0.4) is 0 Å². The molecule has 0 amide bonds. The second-order valence-corrected chi connectivity index (χ2v) is 15.3. The van der Waals surface area contributed by atoms with Crippen molar-refractivity contribution in [1.82, 2.24) is 19.5 Å². The van der Waals surface area contributed by atoms with Gasteiger partial charge in [0.05, 0.1) is 16.7 Å². The molecule has 7 aromatic rings. The molecular formula is C43H42N6O. The lowest BCUT2D eigenvalue weighted by Gasteiger charge is -2.28. The van der Waals surface area contributed by atoms with Crippen molar-refractivity contribution in [3.8, 4) is 17.3 Å². The molecule has 0 unspecified atom stereocenters. The monoisotopic (exact) mass is 658 g/mol. The third-order valence-corrected chi connectivity index (χ3v) is 9.51. The fraction of sp³-hybridized carbons (Fsp3) is 0.233. The highest BCUT2D eigenvalue weighted by atomic mass is 16.5. The molecule has 3 aromatic carbocycles. The molecule has 0 fully saturated rings. The van der Waals surface area contributed by atoms with E-state index in [0.717, 1.165) is 62.3 Å². The summed E-state index contributed by atoms with van der Waals surface area (Å²) in [5.41, 5.74) is 7.72. The predicted molar refractivity (Wildman–Crippen MR) is 205 cm³/mol. The van der Waals surface area contributed by atoms with Gasteiger partial charge in [0, 0.05) is 52.7 Å². The quantitative estimate of drug-likeness (QED) is 0.183. The molecule has 0 radical (unpaired) electrons. The summed E-state index contributed by atoms with van der Waals surface area (Å²) in [5.74, 6) is 4.23. The lowest BCUT2D eigenvalue weighted by Crippen LogP contribution is -2.28. The Balaban J connectivity index is 1.16. The van der Waals surface area contributed by atoms with Crippen molar-refractivity contribution in [1.29, 1.82) is 0 Å². The number of hydrogen-bond donors (Lipinski definition) is 0. The van der Waals surface area contributed by atoms with Gasteiger partial charge in [-0.05, 0) is 83.5 Å². The van der Waals surface area contributed by atoms with E-state index in [1.807, 2.05) is 36.8 Å². The van der Waals surface area contributed by atoms with Gasteiger partial charge in [-0.2, -0.15) is 0 Å². The molecule has 0 saturated carbocycles. The fourth-order valence-electron chi connectivity index (χ4n) is 6.93. The molecule has 5 heterocycles. The molecule has 0 atom stereocenters. The zero-order chi connectivity index (χ0) is 34.8. The summed E-state index contributed by atoms with van der Waals surface area (Å²) >= 11 is 0. The minimum absolute atomic E-state index is 0.00418. The van der Waals surface area contributed by atoms with Crippen molar-refractivity contribution in [2.45, 2.75) is 59.3 Å². The normalized spacial score (nSPS) is 13.3. The Morgan fingerprint density at radius 2 is 1.42 bits per heavy atom. The van der Waals surface area contributed by atoms with Gasteiger partial charge in [0.15, 0.2) is 5.82 Å². The van der Waals surface area contributed by atoms with Gasteiger partial charge in [0.25, 0.3) is 0 Å². The van der Waals surface area contributed by atoms with Crippen LogP contribution in [-0.2, 0) is 10.8 Å². The average molecular weight is 659 g/mol. The molecule has 8 rings (SSSR count). The zero-order valence-corrected chi connectivity index (χ0v) is 29.8. The molecule has 7 heteroatoms. The third kappa shape index (κ3) is 5.53. The number of ether oxygens (including phenoxy) is 1. The predicted octanol–water partition coefficient (Wildman–Crippen LogP) is 10.9. The number of hydrogen-bond acceptors (Lipinski definition) is 6. The summed E-state index contributed by atoms with van der Waals surface area (Å²) < 4.78 is 8.87. The highest BCUT2D eigenvalue weighted by molar-refractivity contribution is 6.09. The van der Waals surface area contributed by atoms with Crippen molar-refractivity contribution >= 4 is 44.8 Å². The van der Waals surface area contributed by atoms with Crippen LogP contribution in [0.15, 0.2) is 116 Å². The summed E-state index contributed by atoms with van der Waals surface area (Å²) in [6, 6.07) is 33.8. The lowest BCUT2D eigenvalue weighted by molar-refractivity contribution is 0.483. The van der Waals surface area contributed by atoms with E-state index in [1.165, 1.54) is 16.5 Å². The van der Waals surface area contributed by atoms with Crippen LogP contribution in [0, 0.1) is 6.92 Å². The Morgan fingerprint density at radius 3 is 2.24 bits per heavy atom. The van der Waals surface area contributed by atoms with Crippen LogP contribution in [0.2, 0.25) is 0 Å². The highest BCUT2D eigenvalue weighted by Gasteiger charge is 2.33. The Labute approximate surface area is 293 Å². The van der Waals surface area contributed by atoms with Gasteiger partial charge in [-0.3, -0.25) is 9.47 Å². The third-order valence-electron chi connectivity index (χ3n) is 9.51. The van der Waals surface area contributed by atoms with Crippen molar-refractivity contribution < 1.29 is 4.74 Å². The second kappa shape index (κ2) is 11.7. The minimum atomic E-state index is -0.0806. The maximum Gasteiger partial charge on any atom is 0.159 e. The van der Waals surface area contributed by atoms with E-state index >= 15 is 0 Å². The first-order chi connectivity index (χ1) is 24.0. The van der Waals surface area contributed by atoms with Gasteiger partial charge in [0.2, 0.25) is 0 Å². The Bertz CT molecular complexity index is 2400. The molecule has 250 valence electrons. The molecule has 0 bridgehead atoms. The number of aryl methyl sites for hydroxylation is 1. The van der Waals surface area contributed by atoms with E-state index in [1.54, 1.807) is 0 Å². The van der Waals surface area contributed by atoms with Crippen LogP contribution in [0.25, 0.3) is 27.6 Å². The van der Waals surface area contributed by atoms with Gasteiger partial charge in [-0.25, -0.2) is 15.0 Å². The Morgan fingerprint density at radius 1 is 0.620 bits per heavy atom. The molecule has 0 aliphatic carbocycles. The van der Waals surface area contributed by atoms with Crippen molar-refractivity contribution in [2.75, 3.05) is 16.5 Å². The number of rotatable bonds is 5. The topological polar surface area (TPSA) is 59.3 Å². The standard InChI is InChI=1S/C43H42N6O/c1-28-22-35(43(5,6)7)40(46-26-28)48-27-47(37-16-11-20-45-41(37)48)30-12-10-13-31(24-30)50-32-17-18-34-33-14-8-9-15-36(33)49(38(34)25-32)39-23-29(19-21-44-39)42(2,3)4/h8-26H,27H2,1-7H3. The Kier molecular flexibility index (Phi) is 7.40. The second-order valence-electron chi connectivity index (χ2n) is 15.3. The van der Waals surface area contributed by atoms with Crippen LogP contribution >= 0.6 is 0 Å². The van der Waals surface area contributed by atoms with Crippen LogP contribution in [-0.4, -0.2) is 26.2 Å². The number of anilines is 4. The van der Waals surface area contributed by atoms with E-state index < -0.39 is 0 Å². The maximum atomic E-state index is 6.63. The van der Waals surface area contributed by atoms with Crippen molar-refractivity contribution in [3.05, 3.63) is 132 Å². The fourth-order valence-corrected chi connectivity index (χ4v) is 6.93. The summed E-state index contributed by atoms with van der Waals surface area (Å²) in [6.07, 6.45) is 5.70. The number of nitrogens with zero attached hydrogens (tertiary/aromatic N) is 6. The smallest absolute Gasteiger partial charge is 0.159 e. The summed E-state index contributed by atoms with van der Waals surface area (Å²) in [7, 11) is 0. The molecule has 0 saturated heterocycles. The number of aromatic nitrogens is 4. The molecular weight excluding hydrogens is 617 g/mol. The first-order valence-electron chi connectivity index (χ1n) is 17.2. The summed E-state index contributed by atoms with van der Waals surface area (Å²) in [4.78, 5) is 19.1. The van der Waals surface area contributed by atoms with E-state index in [4.69, 9.17) is 19.7 Å². The number of pyridine rings is 3. The van der Waals surface area contributed by atoms with Gasteiger partial charge in [-0.15, -0.1) is 0 Å². The van der Waals surface area contributed by atoms with Gasteiger partial charge >= 0.3 is 0 Å². The minimum Gasteiger partial charge on any atom is -0.457 e. The molecule has 50 heavy (non-hydrogen) atoms. The SMILES string of the molecule is Cc1cnc(N2CN(c3cccc(Oc4ccc5c6ccccc6n(-c6cc(C(C)(C)C)ccn6)c5c4)c3)c3cccnc32)c(C(C)(C)C)c1. The van der Waals surface area contributed by atoms with E-state index in [-0.39, 0.29) is 10.8 Å². The number of benzene rings is 3. The molecule has 4 aromatic heterocycles. The summed E-state index contributed by atoms with van der Waals surface area (Å²) in [5, 5.41) is 2.34. The van der Waals surface area contributed by atoms with Gasteiger partial charge in [-0.1, -0.05) is 71.9 Å². The number of fused-ring (bicyclic) bond motifs is 4. The van der Waals surface area contributed by atoms with Crippen molar-refractivity contribution in [2.24, 2.45) is 0 Å². The van der Waals surface area contributed by atoms with E-state index in [2.05, 4.69) is 142 Å². The summed E-state index contributed by atoms with van der Waals surface area (Å²) in [6.45, 7) is 16.1. The Hall–Kier alpha value is -5.69. The first kappa shape index (κ1) is 31.6. The number of para-hydroxylation sites is 1. The average Bonchev–Trinajstić information content (AvgIpc) is 3.64. The molecule has 0 spiro atoms. The lowest BCUT2D eigenvalue weighted by atomic mass is 9.86. The molecule has 7 nitrogen and oxygen atoms in total. The first-order valence-corrected chi connectivity index (χ1v) is 17.2.